The van der Waals surface area contributed by atoms with Crippen molar-refractivity contribution in [1.82, 2.24) is 19.7 Å². The third-order valence-corrected chi connectivity index (χ3v) is 5.47. The summed E-state index contributed by atoms with van der Waals surface area (Å²) >= 11 is 0. The predicted octanol–water partition coefficient (Wildman–Crippen LogP) is 3.70. The molecule has 36 heavy (non-hydrogen) atoms. The summed E-state index contributed by atoms with van der Waals surface area (Å²) in [5, 5.41) is 6.67. The van der Waals surface area contributed by atoms with Crippen LogP contribution in [0.25, 0.3) is 5.69 Å². The second-order valence-electron chi connectivity index (χ2n) is 8.13. The van der Waals surface area contributed by atoms with E-state index in [-0.39, 0.29) is 18.7 Å². The Bertz CT molecular complexity index is 1490. The fourth-order valence-electron chi connectivity index (χ4n) is 3.49. The van der Waals surface area contributed by atoms with Gasteiger partial charge in [0.2, 0.25) is 5.69 Å². The van der Waals surface area contributed by atoms with Crippen molar-refractivity contribution < 1.29 is 18.0 Å². The highest BCUT2D eigenvalue weighted by Crippen LogP contribution is 2.29. The number of nitrogens with one attached hydrogen (secondary N) is 1. The summed E-state index contributed by atoms with van der Waals surface area (Å²) in [6.45, 7) is 1.64. The van der Waals surface area contributed by atoms with Crippen molar-refractivity contribution in [2.45, 2.75) is 26.2 Å². The van der Waals surface area contributed by atoms with Gasteiger partial charge < -0.3 is 5.32 Å². The number of rotatable bonds is 6. The molecule has 10 heteroatoms. The molecular weight excluding hydrogens is 473 g/mol. The zero-order valence-electron chi connectivity index (χ0n) is 19.1. The Balaban J connectivity index is 1.75. The van der Waals surface area contributed by atoms with Crippen LogP contribution in [0.3, 0.4) is 0 Å². The second kappa shape index (κ2) is 10.0. The lowest BCUT2D eigenvalue weighted by Crippen LogP contribution is -2.46. The first-order valence-corrected chi connectivity index (χ1v) is 10.9. The van der Waals surface area contributed by atoms with E-state index in [1.165, 1.54) is 12.1 Å². The minimum Gasteiger partial charge on any atom is -0.346 e. The number of alkyl halides is 3. The summed E-state index contributed by atoms with van der Waals surface area (Å²) in [5.41, 5.74) is -0.835. The van der Waals surface area contributed by atoms with Crippen molar-refractivity contribution >= 4 is 5.91 Å². The maximum Gasteiger partial charge on any atom is 0.416 e. The summed E-state index contributed by atoms with van der Waals surface area (Å²) in [6, 6.07) is 19.8. The zero-order chi connectivity index (χ0) is 25.9. The quantitative estimate of drug-likeness (QED) is 0.443. The van der Waals surface area contributed by atoms with Crippen molar-refractivity contribution in [3.05, 3.63) is 128 Å². The molecule has 184 valence electrons. The van der Waals surface area contributed by atoms with Crippen molar-refractivity contribution in [2.24, 2.45) is 0 Å². The fourth-order valence-corrected chi connectivity index (χ4v) is 3.49. The van der Waals surface area contributed by atoms with Gasteiger partial charge in [0.1, 0.15) is 0 Å². The summed E-state index contributed by atoms with van der Waals surface area (Å²) in [4.78, 5) is 39.3. The van der Waals surface area contributed by atoms with Crippen LogP contribution in [0.4, 0.5) is 13.2 Å². The molecule has 0 aliphatic rings. The highest BCUT2D eigenvalue weighted by molar-refractivity contribution is 5.91. The summed E-state index contributed by atoms with van der Waals surface area (Å²) in [5.74, 6) is -0.786. The Hall–Kier alpha value is -4.47. The van der Waals surface area contributed by atoms with E-state index in [0.29, 0.717) is 5.69 Å². The topological polar surface area (TPSA) is 86.0 Å². The Morgan fingerprint density at radius 2 is 1.53 bits per heavy atom. The van der Waals surface area contributed by atoms with Crippen molar-refractivity contribution in [2.75, 3.05) is 0 Å². The number of hydrogen-bond acceptors (Lipinski definition) is 4. The Kier molecular flexibility index (Phi) is 6.86. The van der Waals surface area contributed by atoms with Crippen LogP contribution in [0.5, 0.6) is 0 Å². The molecule has 0 bridgehead atoms. The molecule has 0 aliphatic heterocycles. The molecule has 1 amide bonds. The Morgan fingerprint density at radius 1 is 0.889 bits per heavy atom. The normalized spacial score (nSPS) is 11.3. The minimum absolute atomic E-state index is 0.128. The molecule has 7 nitrogen and oxygen atoms in total. The van der Waals surface area contributed by atoms with E-state index in [1.807, 2.05) is 13.0 Å². The third kappa shape index (κ3) is 5.43. The molecular formula is C26H21F3N4O3. The van der Waals surface area contributed by atoms with Crippen LogP contribution < -0.4 is 16.6 Å². The van der Waals surface area contributed by atoms with Gasteiger partial charge in [0.25, 0.3) is 11.5 Å². The molecule has 4 aromatic rings. The third-order valence-electron chi connectivity index (χ3n) is 5.47. The number of halogens is 3. The van der Waals surface area contributed by atoms with Gasteiger partial charge in [0.05, 0.1) is 17.8 Å². The van der Waals surface area contributed by atoms with Crippen LogP contribution in [0.2, 0.25) is 0 Å². The molecule has 1 heterocycles. The highest BCUT2D eigenvalue weighted by Gasteiger charge is 2.30. The lowest BCUT2D eigenvalue weighted by atomic mass is 10.1. The van der Waals surface area contributed by atoms with Crippen molar-refractivity contribution in [3.63, 3.8) is 0 Å². The molecule has 4 rings (SSSR count). The summed E-state index contributed by atoms with van der Waals surface area (Å²) in [7, 11) is 0. The molecule has 0 atom stereocenters. The number of hydrogen-bond donors (Lipinski definition) is 1. The number of aryl methyl sites for hydroxylation is 1. The van der Waals surface area contributed by atoms with Gasteiger partial charge in [0.15, 0.2) is 0 Å². The number of benzene rings is 3. The van der Waals surface area contributed by atoms with Crippen LogP contribution in [-0.4, -0.2) is 20.3 Å². The number of carbonyl (C=O) groups excluding carboxylic acids is 1. The van der Waals surface area contributed by atoms with Crippen LogP contribution in [-0.2, 0) is 19.3 Å². The van der Waals surface area contributed by atoms with Gasteiger partial charge in [0, 0.05) is 6.54 Å². The van der Waals surface area contributed by atoms with E-state index in [2.05, 4.69) is 10.4 Å². The summed E-state index contributed by atoms with van der Waals surface area (Å²) < 4.78 is 40.5. The van der Waals surface area contributed by atoms with Gasteiger partial charge in [-0.1, -0.05) is 60.2 Å². The van der Waals surface area contributed by atoms with Crippen LogP contribution in [0.1, 0.15) is 32.7 Å². The molecule has 1 aromatic heterocycles. The monoisotopic (exact) mass is 494 g/mol. The first-order chi connectivity index (χ1) is 17.1. The second-order valence-corrected chi connectivity index (χ2v) is 8.13. The van der Waals surface area contributed by atoms with Gasteiger partial charge in [-0.05, 0) is 42.3 Å². The predicted molar refractivity (Wildman–Crippen MR) is 127 cm³/mol. The minimum atomic E-state index is -4.52. The Morgan fingerprint density at radius 3 is 2.14 bits per heavy atom. The standard InChI is InChI=1S/C26H21F3N4O3/c1-17-7-13-21(14-8-17)33-25(36)32(16-19-9-11-20(12-10-19)26(27,28)29)24(35)22(31-33)23(34)30-15-18-5-3-2-4-6-18/h2-14H,15-16H2,1H3,(H,30,34). The molecule has 0 aliphatic carbocycles. The van der Waals surface area contributed by atoms with E-state index in [1.54, 1.807) is 48.5 Å². The Labute approximate surface area is 203 Å². The fraction of sp³-hybridized carbons (Fsp3) is 0.154. The lowest BCUT2D eigenvalue weighted by Gasteiger charge is -2.13. The van der Waals surface area contributed by atoms with Gasteiger partial charge in [-0.2, -0.15) is 23.0 Å². The molecule has 0 unspecified atom stereocenters. The summed E-state index contributed by atoms with van der Waals surface area (Å²) in [6.07, 6.45) is -4.52. The molecule has 0 saturated heterocycles. The SMILES string of the molecule is Cc1ccc(-n2nc(C(=O)NCc3ccccc3)c(=O)n(Cc3ccc(C(F)(F)F)cc3)c2=O)cc1. The number of carbonyl (C=O) groups is 1. The first-order valence-electron chi connectivity index (χ1n) is 10.9. The molecule has 0 fully saturated rings. The van der Waals surface area contributed by atoms with Gasteiger partial charge >= 0.3 is 11.9 Å². The van der Waals surface area contributed by atoms with E-state index in [4.69, 9.17) is 0 Å². The number of aromatic nitrogens is 3. The van der Waals surface area contributed by atoms with Gasteiger partial charge in [-0.15, -0.1) is 0 Å². The smallest absolute Gasteiger partial charge is 0.346 e. The average molecular weight is 494 g/mol. The zero-order valence-corrected chi connectivity index (χ0v) is 19.1. The number of amides is 1. The molecule has 0 radical (unpaired) electrons. The largest absolute Gasteiger partial charge is 0.416 e. The van der Waals surface area contributed by atoms with Crippen molar-refractivity contribution in [3.8, 4) is 5.69 Å². The molecule has 0 saturated carbocycles. The first kappa shape index (κ1) is 24.6. The number of nitrogens with zero attached hydrogens (tertiary/aromatic N) is 3. The molecule has 3 aromatic carbocycles. The van der Waals surface area contributed by atoms with Crippen LogP contribution >= 0.6 is 0 Å². The van der Waals surface area contributed by atoms with E-state index in [9.17, 15) is 27.6 Å². The van der Waals surface area contributed by atoms with E-state index < -0.39 is 34.6 Å². The van der Waals surface area contributed by atoms with Crippen LogP contribution in [0.15, 0.2) is 88.5 Å². The lowest BCUT2D eigenvalue weighted by molar-refractivity contribution is -0.137. The van der Waals surface area contributed by atoms with Gasteiger partial charge in [-0.3, -0.25) is 14.2 Å². The van der Waals surface area contributed by atoms with E-state index >= 15 is 0 Å². The molecule has 1 N–H and O–H groups in total. The van der Waals surface area contributed by atoms with Gasteiger partial charge in [-0.25, -0.2) is 4.79 Å². The highest BCUT2D eigenvalue weighted by atomic mass is 19.4. The average Bonchev–Trinajstić information content (AvgIpc) is 2.86. The maximum atomic E-state index is 13.2. The maximum absolute atomic E-state index is 13.2. The molecule has 0 spiro atoms. The van der Waals surface area contributed by atoms with Crippen molar-refractivity contribution in [1.29, 1.82) is 0 Å². The van der Waals surface area contributed by atoms with E-state index in [0.717, 1.165) is 32.5 Å². The van der Waals surface area contributed by atoms with Crippen LogP contribution in [0, 0.1) is 6.92 Å².